The standard InChI is InChI=1S/C14H23N3O3/c1-5-14(6-2,8-18)17-12(19)7-11-9(3)15-13(20)16-10(11)4/h18H,5-8H2,1-4H3,(H,17,19)(H,15,16,20). The quantitative estimate of drug-likeness (QED) is 0.711. The van der Waals surface area contributed by atoms with Gasteiger partial charge < -0.3 is 15.4 Å². The number of carbonyl (C=O) groups is 1. The van der Waals surface area contributed by atoms with E-state index in [9.17, 15) is 14.7 Å². The molecule has 112 valence electrons. The number of carbonyl (C=O) groups excluding carboxylic acids is 1. The summed E-state index contributed by atoms with van der Waals surface area (Å²) in [5, 5.41) is 12.4. The summed E-state index contributed by atoms with van der Waals surface area (Å²) >= 11 is 0. The number of nitrogens with one attached hydrogen (secondary N) is 2. The number of amides is 1. The predicted molar refractivity (Wildman–Crippen MR) is 76.6 cm³/mol. The molecule has 1 aromatic heterocycles. The Morgan fingerprint density at radius 2 is 1.95 bits per heavy atom. The highest BCUT2D eigenvalue weighted by molar-refractivity contribution is 5.79. The summed E-state index contributed by atoms with van der Waals surface area (Å²) in [4.78, 5) is 29.8. The first-order valence-corrected chi connectivity index (χ1v) is 6.85. The SMILES string of the molecule is CCC(CC)(CO)NC(=O)Cc1c(C)nc(=O)[nH]c1C. The number of aromatic nitrogens is 2. The van der Waals surface area contributed by atoms with Crippen LogP contribution in [-0.4, -0.2) is 33.1 Å². The minimum absolute atomic E-state index is 0.0897. The molecule has 1 heterocycles. The predicted octanol–water partition coefficient (Wildman–Crippen LogP) is 0.597. The third-order valence-corrected chi connectivity index (χ3v) is 3.85. The molecule has 1 amide bonds. The van der Waals surface area contributed by atoms with Gasteiger partial charge in [0.1, 0.15) is 0 Å². The van der Waals surface area contributed by atoms with E-state index in [1.54, 1.807) is 13.8 Å². The van der Waals surface area contributed by atoms with Crippen LogP contribution in [0.1, 0.15) is 43.6 Å². The van der Waals surface area contributed by atoms with Gasteiger partial charge >= 0.3 is 5.69 Å². The van der Waals surface area contributed by atoms with Crippen LogP contribution in [-0.2, 0) is 11.2 Å². The molecule has 20 heavy (non-hydrogen) atoms. The second-order valence-electron chi connectivity index (χ2n) is 5.10. The molecule has 3 N–H and O–H groups in total. The molecule has 0 unspecified atom stereocenters. The highest BCUT2D eigenvalue weighted by atomic mass is 16.3. The number of aliphatic hydroxyl groups is 1. The van der Waals surface area contributed by atoms with Crippen LogP contribution >= 0.6 is 0 Å². The molecule has 1 aromatic rings. The topological polar surface area (TPSA) is 95.1 Å². The minimum Gasteiger partial charge on any atom is -0.394 e. The van der Waals surface area contributed by atoms with Gasteiger partial charge in [0.25, 0.3) is 0 Å². The first-order chi connectivity index (χ1) is 9.37. The number of nitrogens with zero attached hydrogens (tertiary/aromatic N) is 1. The Morgan fingerprint density at radius 1 is 1.35 bits per heavy atom. The third-order valence-electron chi connectivity index (χ3n) is 3.85. The second kappa shape index (κ2) is 6.65. The van der Waals surface area contributed by atoms with Crippen LogP contribution in [0.4, 0.5) is 0 Å². The summed E-state index contributed by atoms with van der Waals surface area (Å²) in [6.45, 7) is 7.23. The maximum absolute atomic E-state index is 12.2. The van der Waals surface area contributed by atoms with Crippen molar-refractivity contribution >= 4 is 5.91 Å². The molecule has 0 saturated carbocycles. The molecule has 6 nitrogen and oxygen atoms in total. The van der Waals surface area contributed by atoms with Gasteiger partial charge in [-0.15, -0.1) is 0 Å². The van der Waals surface area contributed by atoms with Crippen LogP contribution in [0.2, 0.25) is 0 Å². The number of aromatic amines is 1. The summed E-state index contributed by atoms with van der Waals surface area (Å²) in [6.07, 6.45) is 1.46. The number of aryl methyl sites for hydroxylation is 2. The van der Waals surface area contributed by atoms with E-state index in [0.717, 1.165) is 5.56 Å². The van der Waals surface area contributed by atoms with Crippen molar-refractivity contribution in [3.8, 4) is 0 Å². The van der Waals surface area contributed by atoms with Gasteiger partial charge in [-0.25, -0.2) is 4.79 Å². The Hall–Kier alpha value is -1.69. The average molecular weight is 281 g/mol. The molecular formula is C14H23N3O3. The molecule has 0 radical (unpaired) electrons. The molecule has 0 aliphatic rings. The van der Waals surface area contributed by atoms with Crippen LogP contribution in [0.5, 0.6) is 0 Å². The molecule has 1 rings (SSSR count). The van der Waals surface area contributed by atoms with Gasteiger partial charge in [0.2, 0.25) is 5.91 Å². The molecule has 0 fully saturated rings. The van der Waals surface area contributed by atoms with E-state index >= 15 is 0 Å². The van der Waals surface area contributed by atoms with E-state index in [-0.39, 0.29) is 18.9 Å². The zero-order valence-electron chi connectivity index (χ0n) is 12.5. The van der Waals surface area contributed by atoms with Crippen molar-refractivity contribution in [1.29, 1.82) is 0 Å². The molecule has 0 bridgehead atoms. The number of H-pyrrole nitrogens is 1. The molecular weight excluding hydrogens is 258 g/mol. The molecule has 0 aliphatic heterocycles. The molecule has 0 aromatic carbocycles. The maximum Gasteiger partial charge on any atom is 0.345 e. The van der Waals surface area contributed by atoms with Crippen molar-refractivity contribution in [3.63, 3.8) is 0 Å². The lowest BCUT2D eigenvalue weighted by molar-refractivity contribution is -0.123. The second-order valence-corrected chi connectivity index (χ2v) is 5.10. The van der Waals surface area contributed by atoms with E-state index in [4.69, 9.17) is 0 Å². The monoisotopic (exact) mass is 281 g/mol. The van der Waals surface area contributed by atoms with Crippen molar-refractivity contribution < 1.29 is 9.90 Å². The maximum atomic E-state index is 12.2. The zero-order chi connectivity index (χ0) is 15.3. The van der Waals surface area contributed by atoms with E-state index in [2.05, 4.69) is 15.3 Å². The van der Waals surface area contributed by atoms with Gasteiger partial charge in [-0.1, -0.05) is 13.8 Å². The Labute approximate surface area is 118 Å². The van der Waals surface area contributed by atoms with Crippen LogP contribution < -0.4 is 11.0 Å². The Morgan fingerprint density at radius 3 is 2.40 bits per heavy atom. The van der Waals surface area contributed by atoms with Crippen LogP contribution in [0, 0.1) is 13.8 Å². The molecule has 0 aliphatic carbocycles. The van der Waals surface area contributed by atoms with Crippen LogP contribution in [0.15, 0.2) is 4.79 Å². The lowest BCUT2D eigenvalue weighted by Gasteiger charge is -2.30. The number of rotatable bonds is 6. The van der Waals surface area contributed by atoms with Gasteiger partial charge in [0.05, 0.1) is 18.6 Å². The summed E-state index contributed by atoms with van der Waals surface area (Å²) in [6, 6.07) is 0. The number of aliphatic hydroxyl groups excluding tert-OH is 1. The Bertz CT molecular complexity index is 498. The Kier molecular flexibility index (Phi) is 5.44. The van der Waals surface area contributed by atoms with Crippen molar-refractivity contribution in [3.05, 3.63) is 27.4 Å². The van der Waals surface area contributed by atoms with Crippen LogP contribution in [0.3, 0.4) is 0 Å². The Balaban J connectivity index is 2.89. The van der Waals surface area contributed by atoms with Crippen molar-refractivity contribution in [2.75, 3.05) is 6.61 Å². The van der Waals surface area contributed by atoms with E-state index in [0.29, 0.717) is 24.2 Å². The lowest BCUT2D eigenvalue weighted by Crippen LogP contribution is -2.51. The number of hydrogen-bond acceptors (Lipinski definition) is 4. The fourth-order valence-corrected chi connectivity index (χ4v) is 2.21. The molecule has 6 heteroatoms. The van der Waals surface area contributed by atoms with Crippen LogP contribution in [0.25, 0.3) is 0 Å². The van der Waals surface area contributed by atoms with Gasteiger partial charge in [0.15, 0.2) is 0 Å². The van der Waals surface area contributed by atoms with Crippen molar-refractivity contribution in [2.45, 2.75) is 52.5 Å². The lowest BCUT2D eigenvalue weighted by atomic mass is 9.93. The molecule has 0 atom stereocenters. The van der Waals surface area contributed by atoms with Crippen molar-refractivity contribution in [2.24, 2.45) is 0 Å². The van der Waals surface area contributed by atoms with Gasteiger partial charge in [-0.3, -0.25) is 4.79 Å². The fraction of sp³-hybridized carbons (Fsp3) is 0.643. The summed E-state index contributed by atoms with van der Waals surface area (Å²) < 4.78 is 0. The van der Waals surface area contributed by atoms with Crippen molar-refractivity contribution in [1.82, 2.24) is 15.3 Å². The van der Waals surface area contributed by atoms with Gasteiger partial charge in [-0.05, 0) is 26.7 Å². The normalized spacial score (nSPS) is 11.4. The highest BCUT2D eigenvalue weighted by Crippen LogP contribution is 2.15. The van der Waals surface area contributed by atoms with E-state index in [1.165, 1.54) is 0 Å². The first kappa shape index (κ1) is 16.4. The summed E-state index contributed by atoms with van der Waals surface area (Å²) in [5.74, 6) is -0.178. The summed E-state index contributed by atoms with van der Waals surface area (Å²) in [7, 11) is 0. The molecule has 0 saturated heterocycles. The average Bonchev–Trinajstić information content (AvgIpc) is 2.40. The zero-order valence-corrected chi connectivity index (χ0v) is 12.5. The largest absolute Gasteiger partial charge is 0.394 e. The van der Waals surface area contributed by atoms with E-state index < -0.39 is 11.2 Å². The third kappa shape index (κ3) is 3.66. The minimum atomic E-state index is -0.575. The smallest absolute Gasteiger partial charge is 0.345 e. The first-order valence-electron chi connectivity index (χ1n) is 6.85. The number of hydrogen-bond donors (Lipinski definition) is 3. The van der Waals surface area contributed by atoms with Gasteiger partial charge in [0, 0.05) is 17.0 Å². The summed E-state index contributed by atoms with van der Waals surface area (Å²) in [5.41, 5.74) is 0.954. The van der Waals surface area contributed by atoms with E-state index in [1.807, 2.05) is 13.8 Å². The highest BCUT2D eigenvalue weighted by Gasteiger charge is 2.27. The van der Waals surface area contributed by atoms with Gasteiger partial charge in [-0.2, -0.15) is 4.98 Å². The molecule has 0 spiro atoms. The fourth-order valence-electron chi connectivity index (χ4n) is 2.21.